The number of aliphatic hydroxyl groups is 1. The summed E-state index contributed by atoms with van der Waals surface area (Å²) >= 11 is 0. The predicted octanol–water partition coefficient (Wildman–Crippen LogP) is 5.19. The zero-order chi connectivity index (χ0) is 29.6. The lowest BCUT2D eigenvalue weighted by Gasteiger charge is -2.23. The Morgan fingerprint density at radius 3 is 2.69 bits per heavy atom. The van der Waals surface area contributed by atoms with Crippen molar-refractivity contribution in [1.82, 2.24) is 24.8 Å². The molecule has 2 atom stereocenters. The molecule has 6 rings (SSSR count). The van der Waals surface area contributed by atoms with Crippen LogP contribution in [0.15, 0.2) is 47.4 Å². The third-order valence-electron chi connectivity index (χ3n) is 8.44. The average Bonchev–Trinajstić information content (AvgIpc) is 3.66. The standard InChI is InChI=1S/C31H35F3N6O2/c1-18-5-6-22(31(32,33)34)14-20(18)13-19(2)36-24-7-8-35-29(41)27(24)28-37-25-15-21-17-40(12-11-39-9-3-4-10-39)30(42)23(21)16-26(25)38-28/h5-8,14-16,19,30,42H,3-4,9-13,17H2,1-2H3,(H,37,38)(H2,35,36,41)/t19-,30?/m0/s1. The van der Waals surface area contributed by atoms with Crippen LogP contribution in [0.4, 0.5) is 18.9 Å². The van der Waals surface area contributed by atoms with Crippen molar-refractivity contribution in [2.75, 3.05) is 31.5 Å². The molecule has 2 aliphatic heterocycles. The monoisotopic (exact) mass is 580 g/mol. The van der Waals surface area contributed by atoms with Crippen LogP contribution in [-0.4, -0.2) is 62.1 Å². The largest absolute Gasteiger partial charge is 0.416 e. The summed E-state index contributed by atoms with van der Waals surface area (Å²) < 4.78 is 39.9. The molecule has 0 spiro atoms. The van der Waals surface area contributed by atoms with Gasteiger partial charge < -0.3 is 25.3 Å². The van der Waals surface area contributed by atoms with Crippen molar-refractivity contribution in [2.45, 2.75) is 58.1 Å². The maximum Gasteiger partial charge on any atom is 0.416 e. The predicted molar refractivity (Wildman–Crippen MR) is 156 cm³/mol. The number of imidazole rings is 1. The van der Waals surface area contributed by atoms with Crippen LogP contribution in [0.3, 0.4) is 0 Å². The van der Waals surface area contributed by atoms with Crippen molar-refractivity contribution in [3.8, 4) is 11.4 Å². The first-order valence-electron chi connectivity index (χ1n) is 14.4. The summed E-state index contributed by atoms with van der Waals surface area (Å²) in [7, 11) is 0. The quantitative estimate of drug-likeness (QED) is 0.229. The van der Waals surface area contributed by atoms with Gasteiger partial charge in [0.2, 0.25) is 0 Å². The molecule has 0 bridgehead atoms. The highest BCUT2D eigenvalue weighted by Gasteiger charge is 2.32. The molecule has 0 aliphatic carbocycles. The molecule has 1 saturated heterocycles. The minimum atomic E-state index is -4.41. The van der Waals surface area contributed by atoms with Crippen molar-refractivity contribution in [3.05, 3.63) is 80.8 Å². The fourth-order valence-corrected chi connectivity index (χ4v) is 6.14. The molecule has 4 N–H and O–H groups in total. The number of hydrogen-bond acceptors (Lipinski definition) is 6. The van der Waals surface area contributed by atoms with Crippen molar-refractivity contribution in [3.63, 3.8) is 0 Å². The van der Waals surface area contributed by atoms with Gasteiger partial charge in [-0.1, -0.05) is 6.07 Å². The number of hydrogen-bond donors (Lipinski definition) is 4. The second-order valence-corrected chi connectivity index (χ2v) is 11.5. The number of nitrogens with zero attached hydrogens (tertiary/aromatic N) is 3. The number of alkyl halides is 3. The number of nitrogens with one attached hydrogen (secondary N) is 3. The summed E-state index contributed by atoms with van der Waals surface area (Å²) in [6, 6.07) is 9.09. The fourth-order valence-electron chi connectivity index (χ4n) is 6.14. The van der Waals surface area contributed by atoms with Crippen molar-refractivity contribution < 1.29 is 18.3 Å². The third-order valence-corrected chi connectivity index (χ3v) is 8.44. The van der Waals surface area contributed by atoms with Crippen LogP contribution in [0.25, 0.3) is 22.4 Å². The molecular weight excluding hydrogens is 545 g/mol. The van der Waals surface area contributed by atoms with Gasteiger partial charge in [0.05, 0.1) is 22.3 Å². The van der Waals surface area contributed by atoms with Gasteiger partial charge in [0.25, 0.3) is 5.56 Å². The Morgan fingerprint density at radius 2 is 1.93 bits per heavy atom. The Kier molecular flexibility index (Phi) is 7.59. The maximum atomic E-state index is 13.3. The second kappa shape index (κ2) is 11.2. The number of aryl methyl sites for hydroxylation is 1. The molecular formula is C31H35F3N6O2. The van der Waals surface area contributed by atoms with Gasteiger partial charge in [0, 0.05) is 37.4 Å². The highest BCUT2D eigenvalue weighted by atomic mass is 19.4. The molecule has 42 heavy (non-hydrogen) atoms. The molecule has 2 aliphatic rings. The van der Waals surface area contributed by atoms with E-state index in [4.69, 9.17) is 4.98 Å². The van der Waals surface area contributed by atoms with E-state index in [1.54, 1.807) is 13.0 Å². The highest BCUT2D eigenvalue weighted by Crippen LogP contribution is 2.36. The van der Waals surface area contributed by atoms with Crippen LogP contribution in [0.1, 0.15) is 53.8 Å². The van der Waals surface area contributed by atoms with Crippen LogP contribution >= 0.6 is 0 Å². The van der Waals surface area contributed by atoms with Gasteiger partial charge in [0.1, 0.15) is 17.6 Å². The Bertz CT molecular complexity index is 1660. The van der Waals surface area contributed by atoms with Gasteiger partial charge in [-0.15, -0.1) is 0 Å². The summed E-state index contributed by atoms with van der Waals surface area (Å²) in [4.78, 5) is 28.2. The number of H-pyrrole nitrogens is 2. The van der Waals surface area contributed by atoms with Gasteiger partial charge in [-0.2, -0.15) is 13.2 Å². The second-order valence-electron chi connectivity index (χ2n) is 11.5. The number of pyridine rings is 1. The molecule has 0 saturated carbocycles. The number of fused-ring (bicyclic) bond motifs is 2. The maximum absolute atomic E-state index is 13.3. The lowest BCUT2D eigenvalue weighted by atomic mass is 9.98. The molecule has 0 radical (unpaired) electrons. The van der Waals surface area contributed by atoms with E-state index in [2.05, 4.69) is 25.1 Å². The Balaban J connectivity index is 1.22. The number of aromatic nitrogens is 3. The molecule has 0 amide bonds. The van der Waals surface area contributed by atoms with Crippen LogP contribution in [0.5, 0.6) is 0 Å². The molecule has 222 valence electrons. The number of likely N-dealkylation sites (tertiary alicyclic amines) is 1. The van der Waals surface area contributed by atoms with E-state index in [-0.39, 0.29) is 11.6 Å². The van der Waals surface area contributed by atoms with Gasteiger partial charge >= 0.3 is 6.18 Å². The Morgan fingerprint density at radius 1 is 1.14 bits per heavy atom. The average molecular weight is 581 g/mol. The molecule has 4 aromatic rings. The van der Waals surface area contributed by atoms with E-state index in [9.17, 15) is 23.1 Å². The normalized spacial score (nSPS) is 18.6. The molecule has 11 heteroatoms. The summed E-state index contributed by atoms with van der Waals surface area (Å²) in [6.45, 7) is 8.25. The minimum Gasteiger partial charge on any atom is -0.381 e. The lowest BCUT2D eigenvalue weighted by Crippen LogP contribution is -2.32. The lowest BCUT2D eigenvalue weighted by molar-refractivity contribution is -0.137. The Labute approximate surface area is 241 Å². The van der Waals surface area contributed by atoms with E-state index in [1.165, 1.54) is 31.2 Å². The van der Waals surface area contributed by atoms with E-state index in [0.29, 0.717) is 41.1 Å². The van der Waals surface area contributed by atoms with Crippen LogP contribution in [-0.2, 0) is 19.1 Å². The first-order valence-corrected chi connectivity index (χ1v) is 14.4. The molecule has 1 unspecified atom stereocenters. The number of halogens is 3. The topological polar surface area (TPSA) is 100 Å². The minimum absolute atomic E-state index is 0.275. The molecule has 4 heterocycles. The molecule has 2 aromatic carbocycles. The van der Waals surface area contributed by atoms with Crippen molar-refractivity contribution in [1.29, 1.82) is 0 Å². The Hall–Kier alpha value is -3.67. The summed E-state index contributed by atoms with van der Waals surface area (Å²) in [5, 5.41) is 14.3. The number of aliphatic hydroxyl groups excluding tert-OH is 1. The van der Waals surface area contributed by atoms with E-state index in [0.717, 1.165) is 54.5 Å². The van der Waals surface area contributed by atoms with Gasteiger partial charge in [-0.3, -0.25) is 9.69 Å². The van der Waals surface area contributed by atoms with E-state index < -0.39 is 18.0 Å². The van der Waals surface area contributed by atoms with Crippen molar-refractivity contribution >= 4 is 16.7 Å². The summed E-state index contributed by atoms with van der Waals surface area (Å²) in [5.74, 6) is 0.376. The number of aromatic amines is 2. The number of rotatable bonds is 8. The molecule has 2 aromatic heterocycles. The van der Waals surface area contributed by atoms with Crippen LogP contribution in [0, 0.1) is 6.92 Å². The zero-order valence-electron chi connectivity index (χ0n) is 23.7. The fraction of sp³-hybridized carbons (Fsp3) is 0.419. The summed E-state index contributed by atoms with van der Waals surface area (Å²) in [6.07, 6.45) is -0.788. The van der Waals surface area contributed by atoms with Crippen LogP contribution < -0.4 is 10.9 Å². The zero-order valence-corrected chi connectivity index (χ0v) is 23.7. The number of benzene rings is 2. The van der Waals surface area contributed by atoms with E-state index in [1.807, 2.05) is 19.1 Å². The van der Waals surface area contributed by atoms with Crippen molar-refractivity contribution in [2.24, 2.45) is 0 Å². The molecule has 1 fully saturated rings. The molecule has 8 nitrogen and oxygen atoms in total. The SMILES string of the molecule is Cc1ccc(C(F)(F)F)cc1C[C@H](C)Nc1cc[nH]c(=O)c1-c1nc2cc3c(cc2[nH]1)CN(CCN1CCCC1)C3O. The van der Waals surface area contributed by atoms with Gasteiger partial charge in [0.15, 0.2) is 0 Å². The van der Waals surface area contributed by atoms with Gasteiger partial charge in [-0.25, -0.2) is 4.98 Å². The summed E-state index contributed by atoms with van der Waals surface area (Å²) in [5.41, 5.74) is 4.43. The third kappa shape index (κ3) is 5.68. The van der Waals surface area contributed by atoms with Crippen LogP contribution in [0.2, 0.25) is 0 Å². The highest BCUT2D eigenvalue weighted by molar-refractivity contribution is 5.84. The van der Waals surface area contributed by atoms with Gasteiger partial charge in [-0.05, 0) is 93.2 Å². The first kappa shape index (κ1) is 28.4. The first-order chi connectivity index (χ1) is 20.1. The smallest absolute Gasteiger partial charge is 0.381 e. The van der Waals surface area contributed by atoms with E-state index >= 15 is 0 Å². The number of anilines is 1.